The van der Waals surface area contributed by atoms with E-state index in [9.17, 15) is 22.8 Å². The number of nitrogens with one attached hydrogen (secondary N) is 1. The summed E-state index contributed by atoms with van der Waals surface area (Å²) in [5.74, 6) is -1.15. The zero-order chi connectivity index (χ0) is 21.7. The molecule has 0 radical (unpaired) electrons. The molecule has 2 aromatic carbocycles. The summed E-state index contributed by atoms with van der Waals surface area (Å²) in [5.41, 5.74) is 1.25. The summed E-state index contributed by atoms with van der Waals surface area (Å²) in [5, 5.41) is 2.45. The van der Waals surface area contributed by atoms with Gasteiger partial charge in [0.15, 0.2) is 0 Å². The van der Waals surface area contributed by atoms with Crippen LogP contribution in [-0.2, 0) is 6.61 Å². The Kier molecular flexibility index (Phi) is 6.10. The van der Waals surface area contributed by atoms with E-state index in [1.165, 1.54) is 30.5 Å². The summed E-state index contributed by atoms with van der Waals surface area (Å²) < 4.78 is 41.3. The van der Waals surface area contributed by atoms with E-state index in [0.29, 0.717) is 0 Å². The molecular formula is C21H17F3N2O4. The van der Waals surface area contributed by atoms with Gasteiger partial charge in [-0.2, -0.15) is 4.73 Å². The van der Waals surface area contributed by atoms with Crippen LogP contribution in [0.15, 0.2) is 71.7 Å². The fraction of sp³-hybridized carbons (Fsp3) is 0.143. The van der Waals surface area contributed by atoms with Gasteiger partial charge in [0.1, 0.15) is 17.9 Å². The maximum atomic E-state index is 12.5. The number of amides is 1. The summed E-state index contributed by atoms with van der Waals surface area (Å²) in [7, 11) is 0. The average molecular weight is 418 g/mol. The van der Waals surface area contributed by atoms with Gasteiger partial charge in [-0.3, -0.25) is 9.59 Å². The summed E-state index contributed by atoms with van der Waals surface area (Å²) in [6.07, 6.45) is -3.42. The van der Waals surface area contributed by atoms with Crippen LogP contribution in [0.4, 0.5) is 18.9 Å². The number of aromatic nitrogens is 1. The Morgan fingerprint density at radius 2 is 1.80 bits per heavy atom. The van der Waals surface area contributed by atoms with Gasteiger partial charge in [0.25, 0.3) is 11.5 Å². The number of rotatable bonds is 6. The number of pyridine rings is 1. The van der Waals surface area contributed by atoms with E-state index >= 15 is 0 Å². The molecule has 6 nitrogen and oxygen atoms in total. The average Bonchev–Trinajstić information content (AvgIpc) is 2.67. The highest BCUT2D eigenvalue weighted by Gasteiger charge is 2.31. The molecule has 0 fully saturated rings. The first-order valence-corrected chi connectivity index (χ1v) is 8.79. The van der Waals surface area contributed by atoms with Crippen LogP contribution >= 0.6 is 0 Å². The van der Waals surface area contributed by atoms with E-state index in [1.807, 2.05) is 31.2 Å². The van der Waals surface area contributed by atoms with Gasteiger partial charge in [-0.05, 0) is 48.9 Å². The third kappa shape index (κ3) is 5.63. The number of aryl methyl sites for hydroxylation is 1. The molecule has 3 rings (SSSR count). The lowest BCUT2D eigenvalue weighted by atomic mass is 10.1. The summed E-state index contributed by atoms with van der Waals surface area (Å²) in [6, 6.07) is 14.9. The van der Waals surface area contributed by atoms with E-state index in [0.717, 1.165) is 28.0 Å². The molecule has 0 aliphatic heterocycles. The van der Waals surface area contributed by atoms with Crippen LogP contribution in [0.2, 0.25) is 0 Å². The Balaban J connectivity index is 1.69. The number of nitrogens with zero attached hydrogens (tertiary/aromatic N) is 1. The number of hydrogen-bond acceptors (Lipinski definition) is 4. The van der Waals surface area contributed by atoms with E-state index in [1.54, 1.807) is 0 Å². The molecular weight excluding hydrogens is 401 g/mol. The molecule has 3 aromatic rings. The van der Waals surface area contributed by atoms with Crippen LogP contribution in [0, 0.1) is 6.92 Å². The standard InChI is InChI=1S/C21H17F3N2O4/c1-14-4-2-5-15(12-14)13-29-26-11-3-6-18(20(26)28)19(27)25-16-7-9-17(10-8-16)30-21(22,23)24/h2-12H,13H2,1H3,(H,25,27). The van der Waals surface area contributed by atoms with Gasteiger partial charge in [0, 0.05) is 11.9 Å². The zero-order valence-electron chi connectivity index (χ0n) is 15.8. The molecule has 0 saturated heterocycles. The molecule has 156 valence electrons. The molecule has 0 aliphatic rings. The zero-order valence-corrected chi connectivity index (χ0v) is 15.8. The van der Waals surface area contributed by atoms with Crippen molar-refractivity contribution >= 4 is 11.6 Å². The Morgan fingerprint density at radius 3 is 2.47 bits per heavy atom. The molecule has 0 atom stereocenters. The molecule has 30 heavy (non-hydrogen) atoms. The molecule has 0 unspecified atom stereocenters. The minimum Gasteiger partial charge on any atom is -0.406 e. The van der Waals surface area contributed by atoms with Gasteiger partial charge in [-0.1, -0.05) is 29.8 Å². The van der Waals surface area contributed by atoms with E-state index in [-0.39, 0.29) is 17.9 Å². The Hall–Kier alpha value is -3.75. The highest BCUT2D eigenvalue weighted by atomic mass is 19.4. The minimum absolute atomic E-state index is 0.132. The second kappa shape index (κ2) is 8.73. The first kappa shape index (κ1) is 21.0. The fourth-order valence-corrected chi connectivity index (χ4v) is 2.63. The monoisotopic (exact) mass is 418 g/mol. The number of hydrogen-bond donors (Lipinski definition) is 1. The lowest BCUT2D eigenvalue weighted by molar-refractivity contribution is -0.274. The molecule has 1 aromatic heterocycles. The molecule has 1 N–H and O–H groups in total. The summed E-state index contributed by atoms with van der Waals surface area (Å²) in [6.45, 7) is 2.07. The Bertz CT molecular complexity index is 1090. The SMILES string of the molecule is Cc1cccc(COn2cccc(C(=O)Nc3ccc(OC(F)(F)F)cc3)c2=O)c1. The maximum Gasteiger partial charge on any atom is 0.573 e. The lowest BCUT2D eigenvalue weighted by Gasteiger charge is -2.11. The fourth-order valence-electron chi connectivity index (χ4n) is 2.63. The van der Waals surface area contributed by atoms with Crippen molar-refractivity contribution in [2.24, 2.45) is 0 Å². The number of benzene rings is 2. The van der Waals surface area contributed by atoms with E-state index in [4.69, 9.17) is 4.84 Å². The van der Waals surface area contributed by atoms with Crippen molar-refractivity contribution < 1.29 is 27.5 Å². The largest absolute Gasteiger partial charge is 0.573 e. The third-order valence-electron chi connectivity index (χ3n) is 3.96. The first-order chi connectivity index (χ1) is 14.2. The van der Waals surface area contributed by atoms with E-state index < -0.39 is 23.6 Å². The van der Waals surface area contributed by atoms with Crippen LogP contribution in [-0.4, -0.2) is 17.0 Å². The van der Waals surface area contributed by atoms with Crippen molar-refractivity contribution in [3.05, 3.63) is 93.9 Å². The van der Waals surface area contributed by atoms with Crippen molar-refractivity contribution in [1.29, 1.82) is 0 Å². The topological polar surface area (TPSA) is 69.6 Å². The van der Waals surface area contributed by atoms with Crippen molar-refractivity contribution in [3.8, 4) is 5.75 Å². The van der Waals surface area contributed by atoms with Crippen molar-refractivity contribution in [1.82, 2.24) is 4.73 Å². The van der Waals surface area contributed by atoms with Crippen LogP contribution < -0.4 is 20.5 Å². The van der Waals surface area contributed by atoms with Gasteiger partial charge < -0.3 is 14.9 Å². The van der Waals surface area contributed by atoms with Crippen molar-refractivity contribution in [2.45, 2.75) is 19.9 Å². The molecule has 0 bridgehead atoms. The Labute approximate surface area is 169 Å². The van der Waals surface area contributed by atoms with Crippen LogP contribution in [0.1, 0.15) is 21.5 Å². The number of alkyl halides is 3. The van der Waals surface area contributed by atoms with Crippen LogP contribution in [0.25, 0.3) is 0 Å². The molecule has 1 amide bonds. The smallest absolute Gasteiger partial charge is 0.406 e. The third-order valence-corrected chi connectivity index (χ3v) is 3.96. The quantitative estimate of drug-likeness (QED) is 0.659. The number of anilines is 1. The van der Waals surface area contributed by atoms with Gasteiger partial charge in [-0.25, -0.2) is 0 Å². The maximum absolute atomic E-state index is 12.5. The van der Waals surface area contributed by atoms with Crippen molar-refractivity contribution in [3.63, 3.8) is 0 Å². The highest BCUT2D eigenvalue weighted by molar-refractivity contribution is 6.03. The molecule has 1 heterocycles. The summed E-state index contributed by atoms with van der Waals surface area (Å²) in [4.78, 5) is 30.4. The lowest BCUT2D eigenvalue weighted by Crippen LogP contribution is -2.32. The highest BCUT2D eigenvalue weighted by Crippen LogP contribution is 2.24. The molecule has 0 spiro atoms. The van der Waals surface area contributed by atoms with Crippen molar-refractivity contribution in [2.75, 3.05) is 5.32 Å². The van der Waals surface area contributed by atoms with Crippen LogP contribution in [0.3, 0.4) is 0 Å². The molecule has 9 heteroatoms. The Morgan fingerprint density at radius 1 is 1.07 bits per heavy atom. The van der Waals surface area contributed by atoms with E-state index in [2.05, 4.69) is 10.1 Å². The van der Waals surface area contributed by atoms with Gasteiger partial charge in [0.05, 0.1) is 0 Å². The van der Waals surface area contributed by atoms with Crippen LogP contribution in [0.5, 0.6) is 5.75 Å². The van der Waals surface area contributed by atoms with Gasteiger partial charge >= 0.3 is 6.36 Å². The molecule has 0 saturated carbocycles. The van der Waals surface area contributed by atoms with Gasteiger partial charge in [-0.15, -0.1) is 13.2 Å². The second-order valence-electron chi connectivity index (χ2n) is 6.34. The number of ether oxygens (including phenoxy) is 1. The number of carbonyl (C=O) groups excluding carboxylic acids is 1. The minimum atomic E-state index is -4.81. The summed E-state index contributed by atoms with van der Waals surface area (Å²) >= 11 is 0. The predicted octanol–water partition coefficient (Wildman–Crippen LogP) is 3.94. The number of carbonyl (C=O) groups is 1. The first-order valence-electron chi connectivity index (χ1n) is 8.79. The van der Waals surface area contributed by atoms with Gasteiger partial charge in [0.2, 0.25) is 0 Å². The predicted molar refractivity (Wildman–Crippen MR) is 103 cm³/mol. The number of halogens is 3. The molecule has 0 aliphatic carbocycles. The second-order valence-corrected chi connectivity index (χ2v) is 6.34. The normalized spacial score (nSPS) is 11.1.